The summed E-state index contributed by atoms with van der Waals surface area (Å²) in [6.07, 6.45) is 3.40. The average Bonchev–Trinajstić information content (AvgIpc) is 3.16. The lowest BCUT2D eigenvalue weighted by Gasteiger charge is -2.30. The quantitative estimate of drug-likeness (QED) is 0.640. The molecule has 3 heterocycles. The Morgan fingerprint density at radius 2 is 1.97 bits per heavy atom. The first kappa shape index (κ1) is 20.3. The van der Waals surface area contributed by atoms with Crippen molar-refractivity contribution in [2.45, 2.75) is 56.5 Å². The average molecular weight is 445 g/mol. The Labute approximate surface area is 179 Å². The summed E-state index contributed by atoms with van der Waals surface area (Å²) in [7, 11) is -3.57. The number of sulfonamides is 1. The molecule has 0 radical (unpaired) electrons. The third kappa shape index (κ3) is 4.28. The molecule has 0 bridgehead atoms. The number of hydrogen-bond acceptors (Lipinski definition) is 7. The number of fused-ring (bicyclic) bond motifs is 2. The molecule has 1 saturated carbocycles. The van der Waals surface area contributed by atoms with Gasteiger partial charge >= 0.3 is 0 Å². The van der Waals surface area contributed by atoms with Crippen LogP contribution in [0.15, 0.2) is 39.6 Å². The second-order valence-corrected chi connectivity index (χ2v) is 9.96. The molecule has 2 aromatic heterocycles. The van der Waals surface area contributed by atoms with Crippen LogP contribution in [0.5, 0.6) is 0 Å². The number of hydrogen-bond donors (Lipinski definition) is 1. The predicted molar refractivity (Wildman–Crippen MR) is 113 cm³/mol. The van der Waals surface area contributed by atoms with Gasteiger partial charge in [0.25, 0.3) is 5.56 Å². The van der Waals surface area contributed by atoms with Gasteiger partial charge < -0.3 is 9.26 Å². The normalized spacial score (nSPS) is 21.8. The maximum absolute atomic E-state index is 12.7. The first-order chi connectivity index (χ1) is 15.0. The van der Waals surface area contributed by atoms with Crippen molar-refractivity contribution < 1.29 is 17.7 Å². The van der Waals surface area contributed by atoms with Crippen molar-refractivity contribution in [1.29, 1.82) is 0 Å². The summed E-state index contributed by atoms with van der Waals surface area (Å²) in [6, 6.07) is 8.65. The lowest BCUT2D eigenvalue weighted by Crippen LogP contribution is -2.40. The number of nitrogens with zero attached hydrogens (tertiary/aromatic N) is 3. The van der Waals surface area contributed by atoms with Crippen molar-refractivity contribution in [2.24, 2.45) is 0 Å². The smallest absolute Gasteiger partial charge is 0.267 e. The number of rotatable bonds is 5. The van der Waals surface area contributed by atoms with Gasteiger partial charge in [0.05, 0.1) is 24.9 Å². The molecule has 5 rings (SSSR count). The summed E-state index contributed by atoms with van der Waals surface area (Å²) in [5, 5.41) is 9.21. The third-order valence-electron chi connectivity index (χ3n) is 6.03. The molecule has 1 fully saturated rings. The van der Waals surface area contributed by atoms with Crippen LogP contribution in [0.25, 0.3) is 11.0 Å². The minimum Gasteiger partial charge on any atom is -0.376 e. The Kier molecular flexibility index (Phi) is 5.37. The van der Waals surface area contributed by atoms with Crippen LogP contribution >= 0.6 is 0 Å². The molecule has 3 aromatic rings. The highest BCUT2D eigenvalue weighted by molar-refractivity contribution is 7.88. The van der Waals surface area contributed by atoms with E-state index in [1.807, 2.05) is 12.1 Å². The molecule has 0 atom stereocenters. The second kappa shape index (κ2) is 8.18. The van der Waals surface area contributed by atoms with Gasteiger partial charge in [0.1, 0.15) is 11.4 Å². The van der Waals surface area contributed by atoms with Crippen molar-refractivity contribution in [1.82, 2.24) is 19.7 Å². The van der Waals surface area contributed by atoms with Crippen molar-refractivity contribution in [3.05, 3.63) is 57.6 Å². The van der Waals surface area contributed by atoms with Crippen molar-refractivity contribution in [3.8, 4) is 0 Å². The van der Waals surface area contributed by atoms with Gasteiger partial charge in [-0.15, -0.1) is 0 Å². The molecule has 9 nitrogen and oxygen atoms in total. The van der Waals surface area contributed by atoms with Crippen molar-refractivity contribution >= 4 is 21.0 Å². The summed E-state index contributed by atoms with van der Waals surface area (Å²) in [4.78, 5) is 12.5. The number of ether oxygens (including phenoxy) is 1. The summed E-state index contributed by atoms with van der Waals surface area (Å²) in [6.45, 7) is 1.06. The Hall–Kier alpha value is -2.56. The van der Waals surface area contributed by atoms with Crippen LogP contribution in [-0.4, -0.2) is 36.0 Å². The van der Waals surface area contributed by atoms with Crippen LogP contribution in [-0.2, 0) is 33.5 Å². The van der Waals surface area contributed by atoms with E-state index in [0.29, 0.717) is 62.0 Å². The molecule has 164 valence electrons. The zero-order valence-corrected chi connectivity index (χ0v) is 17.8. The van der Waals surface area contributed by atoms with Crippen LogP contribution in [0.1, 0.15) is 48.7 Å². The Bertz CT molecular complexity index is 1260. The molecular weight excluding hydrogens is 420 g/mol. The zero-order chi connectivity index (χ0) is 21.4. The van der Waals surface area contributed by atoms with Crippen LogP contribution in [0, 0.1) is 0 Å². The summed E-state index contributed by atoms with van der Waals surface area (Å²) < 4.78 is 40.4. The summed E-state index contributed by atoms with van der Waals surface area (Å²) >= 11 is 0. The standard InChI is InChI=1S/C21H24N4O5S/c26-21-11-14-12-29-10-9-18(14)22-25(21)16-7-5-15(6-8-16)24-31(27,28)13-19-17-3-1-2-4-20(17)30-23-19/h1-4,11,15-16,24H,5-10,12-13H2. The highest BCUT2D eigenvalue weighted by Gasteiger charge is 2.28. The van der Waals surface area contributed by atoms with E-state index in [-0.39, 0.29) is 23.4 Å². The fraction of sp³-hybridized carbons (Fsp3) is 0.476. The van der Waals surface area contributed by atoms with Crippen LogP contribution < -0.4 is 10.3 Å². The van der Waals surface area contributed by atoms with Gasteiger partial charge in [-0.1, -0.05) is 17.3 Å². The molecular formula is C21H24N4O5S. The minimum absolute atomic E-state index is 0.0131. The Balaban J connectivity index is 1.23. The van der Waals surface area contributed by atoms with Gasteiger partial charge in [-0.05, 0) is 37.8 Å². The highest BCUT2D eigenvalue weighted by atomic mass is 32.2. The van der Waals surface area contributed by atoms with Gasteiger partial charge in [-0.3, -0.25) is 4.79 Å². The molecule has 2 aliphatic rings. The zero-order valence-electron chi connectivity index (χ0n) is 17.0. The fourth-order valence-electron chi connectivity index (χ4n) is 4.45. The number of nitrogens with one attached hydrogen (secondary N) is 1. The molecule has 0 spiro atoms. The van der Waals surface area contributed by atoms with E-state index >= 15 is 0 Å². The minimum atomic E-state index is -3.57. The van der Waals surface area contributed by atoms with E-state index in [1.54, 1.807) is 22.9 Å². The fourth-order valence-corrected chi connectivity index (χ4v) is 5.84. The predicted octanol–water partition coefficient (Wildman–Crippen LogP) is 2.06. The topological polar surface area (TPSA) is 116 Å². The van der Waals surface area contributed by atoms with Crippen LogP contribution in [0.3, 0.4) is 0 Å². The Morgan fingerprint density at radius 1 is 1.16 bits per heavy atom. The van der Waals surface area contributed by atoms with Gasteiger partial charge in [0, 0.05) is 29.5 Å². The van der Waals surface area contributed by atoms with Gasteiger partial charge in [0.2, 0.25) is 10.0 Å². The molecule has 1 aliphatic carbocycles. The lowest BCUT2D eigenvalue weighted by atomic mass is 9.92. The summed E-state index contributed by atoms with van der Waals surface area (Å²) in [5.74, 6) is -0.224. The summed E-state index contributed by atoms with van der Waals surface area (Å²) in [5.41, 5.74) is 2.65. The van der Waals surface area contributed by atoms with Crippen molar-refractivity contribution in [3.63, 3.8) is 0 Å². The monoisotopic (exact) mass is 444 g/mol. The first-order valence-corrected chi connectivity index (χ1v) is 12.2. The molecule has 31 heavy (non-hydrogen) atoms. The molecule has 1 N–H and O–H groups in total. The Morgan fingerprint density at radius 3 is 2.81 bits per heavy atom. The number of benzene rings is 1. The molecule has 0 amide bonds. The third-order valence-corrected chi connectivity index (χ3v) is 7.38. The number of para-hydroxylation sites is 1. The lowest BCUT2D eigenvalue weighted by molar-refractivity contribution is 0.107. The maximum Gasteiger partial charge on any atom is 0.267 e. The van der Waals surface area contributed by atoms with E-state index in [4.69, 9.17) is 9.26 Å². The highest BCUT2D eigenvalue weighted by Crippen LogP contribution is 2.28. The molecule has 10 heteroatoms. The van der Waals surface area contributed by atoms with Crippen LogP contribution in [0.4, 0.5) is 0 Å². The molecule has 1 aliphatic heterocycles. The number of aromatic nitrogens is 3. The first-order valence-electron chi connectivity index (χ1n) is 10.5. The molecule has 0 unspecified atom stereocenters. The van der Waals surface area contributed by atoms with E-state index in [0.717, 1.165) is 11.3 Å². The van der Waals surface area contributed by atoms with Gasteiger partial charge in [-0.25, -0.2) is 17.8 Å². The maximum atomic E-state index is 12.7. The second-order valence-electron chi connectivity index (χ2n) is 8.21. The van der Waals surface area contributed by atoms with E-state index in [9.17, 15) is 13.2 Å². The molecule has 0 saturated heterocycles. The SMILES string of the molecule is O=c1cc2c(nn1C1CCC(NS(=O)(=O)Cc3noc4ccccc34)CC1)CCOC2. The van der Waals surface area contributed by atoms with Crippen molar-refractivity contribution in [2.75, 3.05) is 6.61 Å². The molecule has 1 aromatic carbocycles. The van der Waals surface area contributed by atoms with E-state index < -0.39 is 10.0 Å². The van der Waals surface area contributed by atoms with Gasteiger partial charge in [0.15, 0.2) is 5.58 Å². The van der Waals surface area contributed by atoms with Gasteiger partial charge in [-0.2, -0.15) is 5.10 Å². The van der Waals surface area contributed by atoms with E-state index in [2.05, 4.69) is 15.0 Å². The van der Waals surface area contributed by atoms with E-state index in [1.165, 1.54) is 0 Å². The van der Waals surface area contributed by atoms with Crippen LogP contribution in [0.2, 0.25) is 0 Å². The largest absolute Gasteiger partial charge is 0.376 e.